The van der Waals surface area contributed by atoms with Gasteiger partial charge in [0, 0.05) is 22.0 Å². The third-order valence-corrected chi connectivity index (χ3v) is 3.00. The van der Waals surface area contributed by atoms with Crippen LogP contribution < -0.4 is 11.1 Å². The zero-order valence-electron chi connectivity index (χ0n) is 10.5. The van der Waals surface area contributed by atoms with Gasteiger partial charge in [0.1, 0.15) is 12.0 Å². The molecule has 4 nitrogen and oxygen atoms in total. The summed E-state index contributed by atoms with van der Waals surface area (Å²) >= 11 is 5.96. The fourth-order valence-corrected chi connectivity index (χ4v) is 2.04. The first-order valence-corrected chi connectivity index (χ1v) is 6.42. The molecule has 5 heteroatoms. The molecule has 0 fully saturated rings. The first kappa shape index (κ1) is 12.6. The van der Waals surface area contributed by atoms with Crippen LogP contribution in [0.2, 0.25) is 5.02 Å². The maximum atomic E-state index is 5.96. The summed E-state index contributed by atoms with van der Waals surface area (Å²) in [7, 11) is 0. The molecule has 0 saturated carbocycles. The van der Waals surface area contributed by atoms with E-state index < -0.39 is 0 Å². The second-order valence-electron chi connectivity index (χ2n) is 4.30. The Balaban J connectivity index is 1.84. The average Bonchev–Trinajstić information content (AvgIpc) is 2.87. The van der Waals surface area contributed by atoms with E-state index in [0.29, 0.717) is 16.7 Å². The smallest absolute Gasteiger partial charge is 0.299 e. The summed E-state index contributed by atoms with van der Waals surface area (Å²) in [6, 6.07) is 15.2. The number of nitrogens with two attached hydrogens (primary N) is 1. The summed E-state index contributed by atoms with van der Waals surface area (Å²) in [6.45, 7) is 0. The minimum Gasteiger partial charge on any atom is -0.431 e. The van der Waals surface area contributed by atoms with E-state index in [2.05, 4.69) is 10.3 Å². The first-order chi connectivity index (χ1) is 9.70. The van der Waals surface area contributed by atoms with Crippen LogP contribution in [0.25, 0.3) is 11.3 Å². The highest BCUT2D eigenvalue weighted by molar-refractivity contribution is 6.30. The molecule has 0 amide bonds. The van der Waals surface area contributed by atoms with Gasteiger partial charge < -0.3 is 15.5 Å². The van der Waals surface area contributed by atoms with Crippen molar-refractivity contribution in [2.75, 3.05) is 11.1 Å². The molecule has 0 atom stereocenters. The van der Waals surface area contributed by atoms with Crippen molar-refractivity contribution in [1.29, 1.82) is 0 Å². The zero-order valence-corrected chi connectivity index (χ0v) is 11.3. The quantitative estimate of drug-likeness (QED) is 0.703. The van der Waals surface area contributed by atoms with E-state index in [0.717, 1.165) is 16.9 Å². The predicted molar refractivity (Wildman–Crippen MR) is 81.1 cm³/mol. The number of oxazole rings is 1. The number of halogens is 1. The Hall–Kier alpha value is -2.46. The lowest BCUT2D eigenvalue weighted by atomic mass is 10.2. The number of nitrogen functional groups attached to an aromatic ring is 1. The summed E-state index contributed by atoms with van der Waals surface area (Å²) < 4.78 is 5.40. The normalized spacial score (nSPS) is 10.4. The lowest BCUT2D eigenvalue weighted by Gasteiger charge is -2.01. The van der Waals surface area contributed by atoms with E-state index in [1.54, 1.807) is 6.26 Å². The minimum atomic E-state index is 0.408. The maximum Gasteiger partial charge on any atom is 0.299 e. The molecule has 0 spiro atoms. The minimum absolute atomic E-state index is 0.408. The van der Waals surface area contributed by atoms with Crippen molar-refractivity contribution in [3.05, 3.63) is 59.8 Å². The third-order valence-electron chi connectivity index (χ3n) is 2.76. The van der Waals surface area contributed by atoms with Crippen LogP contribution in [0.5, 0.6) is 0 Å². The van der Waals surface area contributed by atoms with Gasteiger partial charge in [-0.3, -0.25) is 0 Å². The van der Waals surface area contributed by atoms with E-state index in [4.69, 9.17) is 21.8 Å². The van der Waals surface area contributed by atoms with E-state index in [-0.39, 0.29) is 0 Å². The Morgan fingerprint density at radius 1 is 1.10 bits per heavy atom. The van der Waals surface area contributed by atoms with Crippen LogP contribution in [0.1, 0.15) is 0 Å². The van der Waals surface area contributed by atoms with Crippen molar-refractivity contribution < 1.29 is 4.42 Å². The molecular formula is C15H12ClN3O. The van der Waals surface area contributed by atoms with Crippen LogP contribution >= 0.6 is 11.6 Å². The molecule has 2 aromatic carbocycles. The van der Waals surface area contributed by atoms with Gasteiger partial charge >= 0.3 is 0 Å². The summed E-state index contributed by atoms with van der Waals surface area (Å²) in [4.78, 5) is 4.37. The second-order valence-corrected chi connectivity index (χ2v) is 4.74. The third kappa shape index (κ3) is 2.75. The van der Waals surface area contributed by atoms with Crippen LogP contribution in [-0.4, -0.2) is 4.98 Å². The average molecular weight is 286 g/mol. The fourth-order valence-electron chi connectivity index (χ4n) is 1.85. The van der Waals surface area contributed by atoms with Crippen LogP contribution in [0.3, 0.4) is 0 Å². The van der Waals surface area contributed by atoms with Crippen molar-refractivity contribution in [3.63, 3.8) is 0 Å². The standard InChI is InChI=1S/C15H12ClN3O/c16-11-4-1-3-10(7-11)14-9-20-15(19-14)18-13-6-2-5-12(17)8-13/h1-9H,17H2,(H,18,19). The number of anilines is 3. The molecule has 1 heterocycles. The zero-order chi connectivity index (χ0) is 13.9. The van der Waals surface area contributed by atoms with Gasteiger partial charge in [-0.1, -0.05) is 29.8 Å². The topological polar surface area (TPSA) is 64.1 Å². The van der Waals surface area contributed by atoms with Crippen molar-refractivity contribution >= 4 is 29.0 Å². The molecule has 0 aliphatic heterocycles. The molecule has 0 unspecified atom stereocenters. The molecule has 3 rings (SSSR count). The van der Waals surface area contributed by atoms with Crippen LogP contribution in [0.15, 0.2) is 59.2 Å². The summed E-state index contributed by atoms with van der Waals surface area (Å²) in [5, 5.41) is 3.72. The van der Waals surface area contributed by atoms with Crippen molar-refractivity contribution in [2.45, 2.75) is 0 Å². The number of aromatic nitrogens is 1. The van der Waals surface area contributed by atoms with Gasteiger partial charge in [-0.2, -0.15) is 4.98 Å². The molecule has 1 aromatic heterocycles. The van der Waals surface area contributed by atoms with Crippen LogP contribution in [0.4, 0.5) is 17.4 Å². The molecule has 100 valence electrons. The number of nitrogens with one attached hydrogen (secondary N) is 1. The van der Waals surface area contributed by atoms with Crippen molar-refractivity contribution in [1.82, 2.24) is 4.98 Å². The lowest BCUT2D eigenvalue weighted by molar-refractivity contribution is 0.578. The van der Waals surface area contributed by atoms with Gasteiger partial charge in [0.25, 0.3) is 6.01 Å². The van der Waals surface area contributed by atoms with Crippen molar-refractivity contribution in [3.8, 4) is 11.3 Å². The molecule has 20 heavy (non-hydrogen) atoms. The van der Waals surface area contributed by atoms with Gasteiger partial charge in [-0.25, -0.2) is 0 Å². The Kier molecular flexibility index (Phi) is 3.31. The van der Waals surface area contributed by atoms with Gasteiger partial charge in [0.15, 0.2) is 0 Å². The Morgan fingerprint density at radius 2 is 1.95 bits per heavy atom. The summed E-state index contributed by atoms with van der Waals surface area (Å²) in [5.41, 5.74) is 8.85. The van der Waals surface area contributed by atoms with E-state index in [9.17, 15) is 0 Å². The SMILES string of the molecule is Nc1cccc(Nc2nc(-c3cccc(Cl)c3)co2)c1. The highest BCUT2D eigenvalue weighted by atomic mass is 35.5. The van der Waals surface area contributed by atoms with E-state index in [1.165, 1.54) is 0 Å². The Labute approximate surface area is 121 Å². The Bertz CT molecular complexity index is 739. The molecule has 3 N–H and O–H groups in total. The maximum absolute atomic E-state index is 5.96. The summed E-state index contributed by atoms with van der Waals surface area (Å²) in [6.07, 6.45) is 1.58. The molecule has 3 aromatic rings. The highest BCUT2D eigenvalue weighted by Gasteiger charge is 2.07. The number of hydrogen-bond donors (Lipinski definition) is 2. The molecule has 0 aliphatic carbocycles. The van der Waals surface area contributed by atoms with Gasteiger partial charge in [-0.15, -0.1) is 0 Å². The lowest BCUT2D eigenvalue weighted by Crippen LogP contribution is -1.92. The molecule has 0 aliphatic rings. The fraction of sp³-hybridized carbons (Fsp3) is 0. The van der Waals surface area contributed by atoms with Gasteiger partial charge in [-0.05, 0) is 30.3 Å². The predicted octanol–water partition coefficient (Wildman–Crippen LogP) is 4.32. The Morgan fingerprint density at radius 3 is 2.75 bits per heavy atom. The number of hydrogen-bond acceptors (Lipinski definition) is 4. The monoisotopic (exact) mass is 285 g/mol. The van der Waals surface area contributed by atoms with Crippen molar-refractivity contribution in [2.24, 2.45) is 0 Å². The first-order valence-electron chi connectivity index (χ1n) is 6.05. The number of nitrogens with zero attached hydrogens (tertiary/aromatic N) is 1. The second kappa shape index (κ2) is 5.27. The van der Waals surface area contributed by atoms with Gasteiger partial charge in [0.05, 0.1) is 0 Å². The molecular weight excluding hydrogens is 274 g/mol. The van der Waals surface area contributed by atoms with Gasteiger partial charge in [0.2, 0.25) is 0 Å². The molecule has 0 saturated heterocycles. The highest BCUT2D eigenvalue weighted by Crippen LogP contribution is 2.25. The number of rotatable bonds is 3. The van der Waals surface area contributed by atoms with E-state index >= 15 is 0 Å². The summed E-state index contributed by atoms with van der Waals surface area (Å²) in [5.74, 6) is 0. The van der Waals surface area contributed by atoms with Crippen LogP contribution in [0, 0.1) is 0 Å². The number of benzene rings is 2. The van der Waals surface area contributed by atoms with E-state index in [1.807, 2.05) is 48.5 Å². The molecule has 0 radical (unpaired) electrons. The largest absolute Gasteiger partial charge is 0.431 e. The van der Waals surface area contributed by atoms with Crippen LogP contribution in [-0.2, 0) is 0 Å². The molecule has 0 bridgehead atoms.